The zero-order chi connectivity index (χ0) is 17.6. The van der Waals surface area contributed by atoms with Gasteiger partial charge in [0.25, 0.3) is 5.91 Å². The highest BCUT2D eigenvalue weighted by molar-refractivity contribution is 5.93. The average molecular weight is 354 g/mol. The van der Waals surface area contributed by atoms with Crippen LogP contribution in [-0.2, 0) is 10.9 Å². The Morgan fingerprint density at radius 2 is 2.12 bits per heavy atom. The maximum absolute atomic E-state index is 13.3. The van der Waals surface area contributed by atoms with Gasteiger partial charge in [-0.15, -0.1) is 0 Å². The molecule has 2 aliphatic rings. The van der Waals surface area contributed by atoms with E-state index in [1.165, 1.54) is 6.07 Å². The highest BCUT2D eigenvalue weighted by Gasteiger charge is 2.37. The molecule has 0 bridgehead atoms. The molecule has 1 amide bonds. The van der Waals surface area contributed by atoms with Crippen molar-refractivity contribution in [2.45, 2.75) is 43.9 Å². The highest BCUT2D eigenvalue weighted by Crippen LogP contribution is 2.41. The maximum Gasteiger partial charge on any atom is 0.433 e. The summed E-state index contributed by atoms with van der Waals surface area (Å²) in [5.74, 6) is -0.458. The molecular weight excluding hydrogens is 337 g/mol. The van der Waals surface area contributed by atoms with E-state index in [-0.39, 0.29) is 23.4 Å². The molecule has 4 rings (SSSR count). The van der Waals surface area contributed by atoms with Crippen LogP contribution in [0.3, 0.4) is 0 Å². The summed E-state index contributed by atoms with van der Waals surface area (Å²) in [5, 5.41) is 6.49. The van der Waals surface area contributed by atoms with Gasteiger partial charge >= 0.3 is 6.18 Å². The minimum Gasteiger partial charge on any atom is -0.376 e. The normalized spacial score (nSPS) is 21.0. The molecule has 1 atom stereocenters. The van der Waals surface area contributed by atoms with Gasteiger partial charge in [0.1, 0.15) is 5.69 Å². The zero-order valence-electron chi connectivity index (χ0n) is 13.3. The third-order valence-corrected chi connectivity index (χ3v) is 4.48. The number of amides is 1. The SMILES string of the molecule is O=C(NC[C@H]1CCCO1)c1cc2nc(C3CC3)cc(C(F)(F)F)n2n1. The molecule has 1 aliphatic heterocycles. The Morgan fingerprint density at radius 1 is 1.32 bits per heavy atom. The Morgan fingerprint density at radius 3 is 2.76 bits per heavy atom. The number of carbonyl (C=O) groups excluding carboxylic acids is 1. The Bertz CT molecular complexity index is 808. The van der Waals surface area contributed by atoms with Crippen molar-refractivity contribution in [2.75, 3.05) is 13.2 Å². The fourth-order valence-electron chi connectivity index (χ4n) is 3.00. The van der Waals surface area contributed by atoms with Crippen molar-refractivity contribution in [1.82, 2.24) is 19.9 Å². The number of rotatable bonds is 4. The van der Waals surface area contributed by atoms with Gasteiger partial charge in [0, 0.05) is 30.8 Å². The Kier molecular flexibility index (Phi) is 3.90. The second kappa shape index (κ2) is 5.98. The highest BCUT2D eigenvalue weighted by atomic mass is 19.4. The lowest BCUT2D eigenvalue weighted by Gasteiger charge is -2.10. The third kappa shape index (κ3) is 3.33. The van der Waals surface area contributed by atoms with Crippen molar-refractivity contribution in [3.63, 3.8) is 0 Å². The number of nitrogens with zero attached hydrogens (tertiary/aromatic N) is 3. The predicted molar refractivity (Wildman–Crippen MR) is 81.3 cm³/mol. The van der Waals surface area contributed by atoms with Crippen LogP contribution in [0.15, 0.2) is 12.1 Å². The minimum atomic E-state index is -4.57. The van der Waals surface area contributed by atoms with E-state index >= 15 is 0 Å². The second-order valence-corrected chi connectivity index (χ2v) is 6.48. The van der Waals surface area contributed by atoms with Crippen molar-refractivity contribution in [3.05, 3.63) is 29.2 Å². The number of alkyl halides is 3. The van der Waals surface area contributed by atoms with Gasteiger partial charge in [-0.25, -0.2) is 9.50 Å². The van der Waals surface area contributed by atoms with Crippen LogP contribution in [0.1, 0.15) is 53.5 Å². The molecular formula is C16H17F3N4O2. The number of nitrogens with one attached hydrogen (secondary N) is 1. The summed E-state index contributed by atoms with van der Waals surface area (Å²) in [6, 6.07) is 2.33. The van der Waals surface area contributed by atoms with Crippen molar-refractivity contribution >= 4 is 11.6 Å². The molecule has 0 aromatic carbocycles. The standard InChI is InChI=1S/C16H17F3N4O2/c17-16(18,19)13-6-11(9-3-4-9)21-14-7-12(22-23(13)14)15(24)20-8-10-2-1-5-25-10/h6-7,9-10H,1-5,8H2,(H,20,24)/t10-/m1/s1. The van der Waals surface area contributed by atoms with Crippen molar-refractivity contribution < 1.29 is 22.7 Å². The predicted octanol–water partition coefficient (Wildman–Crippen LogP) is 2.53. The monoisotopic (exact) mass is 354 g/mol. The number of hydrogen-bond acceptors (Lipinski definition) is 4. The van der Waals surface area contributed by atoms with Crippen LogP contribution < -0.4 is 5.32 Å². The minimum absolute atomic E-state index is 0.0407. The first-order valence-corrected chi connectivity index (χ1v) is 8.29. The lowest BCUT2D eigenvalue weighted by atomic mass is 10.2. The van der Waals surface area contributed by atoms with E-state index in [1.54, 1.807) is 0 Å². The van der Waals surface area contributed by atoms with Gasteiger partial charge in [0.2, 0.25) is 0 Å². The van der Waals surface area contributed by atoms with E-state index in [4.69, 9.17) is 4.74 Å². The number of fused-ring (bicyclic) bond motifs is 1. The van der Waals surface area contributed by atoms with E-state index in [2.05, 4.69) is 15.4 Å². The lowest BCUT2D eigenvalue weighted by molar-refractivity contribution is -0.142. The molecule has 2 aromatic heterocycles. The maximum atomic E-state index is 13.3. The van der Waals surface area contributed by atoms with Crippen LogP contribution in [0.4, 0.5) is 13.2 Å². The summed E-state index contributed by atoms with van der Waals surface area (Å²) in [7, 11) is 0. The van der Waals surface area contributed by atoms with E-state index in [0.717, 1.165) is 31.7 Å². The first-order chi connectivity index (χ1) is 11.9. The van der Waals surface area contributed by atoms with Gasteiger partial charge in [-0.2, -0.15) is 18.3 Å². The zero-order valence-corrected chi connectivity index (χ0v) is 13.3. The molecule has 1 aliphatic carbocycles. The average Bonchev–Trinajstić information content (AvgIpc) is 3.11. The Balaban J connectivity index is 1.62. The molecule has 134 valence electrons. The van der Waals surface area contributed by atoms with E-state index in [9.17, 15) is 18.0 Å². The summed E-state index contributed by atoms with van der Waals surface area (Å²) in [6.07, 6.45) is -1.14. The number of hydrogen-bond donors (Lipinski definition) is 1. The van der Waals surface area contributed by atoms with Crippen molar-refractivity contribution in [1.29, 1.82) is 0 Å². The fraction of sp³-hybridized carbons (Fsp3) is 0.562. The van der Waals surface area contributed by atoms with Gasteiger partial charge in [-0.05, 0) is 31.7 Å². The number of halogens is 3. The molecule has 6 nitrogen and oxygen atoms in total. The summed E-state index contributed by atoms with van der Waals surface area (Å²) in [6.45, 7) is 0.983. The molecule has 1 N–H and O–H groups in total. The lowest BCUT2D eigenvalue weighted by Crippen LogP contribution is -2.32. The van der Waals surface area contributed by atoms with Gasteiger partial charge in [-0.1, -0.05) is 0 Å². The molecule has 2 fully saturated rings. The van der Waals surface area contributed by atoms with Crippen LogP contribution in [0.2, 0.25) is 0 Å². The molecule has 1 saturated carbocycles. The molecule has 1 saturated heterocycles. The first-order valence-electron chi connectivity index (χ1n) is 8.29. The van der Waals surface area contributed by atoms with Crippen LogP contribution >= 0.6 is 0 Å². The summed E-state index contributed by atoms with van der Waals surface area (Å²) >= 11 is 0. The molecule has 0 spiro atoms. The third-order valence-electron chi connectivity index (χ3n) is 4.48. The van der Waals surface area contributed by atoms with E-state index in [0.29, 0.717) is 23.4 Å². The van der Waals surface area contributed by atoms with E-state index < -0.39 is 17.8 Å². The van der Waals surface area contributed by atoms with Crippen LogP contribution in [-0.4, -0.2) is 39.8 Å². The van der Waals surface area contributed by atoms with Gasteiger partial charge in [-0.3, -0.25) is 4.79 Å². The number of ether oxygens (including phenoxy) is 1. The van der Waals surface area contributed by atoms with Gasteiger partial charge in [0.15, 0.2) is 11.3 Å². The topological polar surface area (TPSA) is 68.5 Å². The molecule has 3 heterocycles. The smallest absolute Gasteiger partial charge is 0.376 e. The van der Waals surface area contributed by atoms with Crippen LogP contribution in [0.25, 0.3) is 5.65 Å². The molecule has 25 heavy (non-hydrogen) atoms. The largest absolute Gasteiger partial charge is 0.433 e. The fourth-order valence-corrected chi connectivity index (χ4v) is 3.00. The quantitative estimate of drug-likeness (QED) is 0.916. The molecule has 9 heteroatoms. The van der Waals surface area contributed by atoms with Crippen molar-refractivity contribution in [2.24, 2.45) is 0 Å². The first kappa shape index (κ1) is 16.3. The summed E-state index contributed by atoms with van der Waals surface area (Å²) in [4.78, 5) is 16.5. The van der Waals surface area contributed by atoms with E-state index in [1.807, 2.05) is 0 Å². The van der Waals surface area contributed by atoms with Crippen LogP contribution in [0, 0.1) is 0 Å². The summed E-state index contributed by atoms with van der Waals surface area (Å²) < 4.78 is 46.1. The van der Waals surface area contributed by atoms with Gasteiger partial charge < -0.3 is 10.1 Å². The Hall–Kier alpha value is -2.16. The molecule has 0 unspecified atom stereocenters. The van der Waals surface area contributed by atoms with Crippen LogP contribution in [0.5, 0.6) is 0 Å². The summed E-state index contributed by atoms with van der Waals surface area (Å²) in [5.41, 5.74) is -0.536. The van der Waals surface area contributed by atoms with Gasteiger partial charge in [0.05, 0.1) is 6.10 Å². The molecule has 2 aromatic rings. The Labute approximate surface area is 141 Å². The molecule has 0 radical (unpaired) electrons. The number of aromatic nitrogens is 3. The van der Waals surface area contributed by atoms with Crippen molar-refractivity contribution in [3.8, 4) is 0 Å². The second-order valence-electron chi connectivity index (χ2n) is 6.48. The number of carbonyl (C=O) groups is 1.